The summed E-state index contributed by atoms with van der Waals surface area (Å²) in [5.41, 5.74) is -1.31. The lowest BCUT2D eigenvalue weighted by atomic mass is 9.84. The minimum Gasteiger partial charge on any atom is -0.432 e. The third-order valence-electron chi connectivity index (χ3n) is 23.3. The topological polar surface area (TPSA) is 279 Å². The highest BCUT2D eigenvalue weighted by Crippen LogP contribution is 2.38. The van der Waals surface area contributed by atoms with Crippen molar-refractivity contribution in [2.45, 2.75) is 262 Å². The second-order valence-electron chi connectivity index (χ2n) is 30.6. The van der Waals surface area contributed by atoms with Gasteiger partial charge in [0, 0.05) is 68.5 Å². The number of fused-ring (bicyclic) bond motifs is 2. The average Bonchev–Trinajstić information content (AvgIpc) is 1.23. The van der Waals surface area contributed by atoms with Gasteiger partial charge in [0.25, 0.3) is 0 Å². The molecule has 10 atom stereocenters. The van der Waals surface area contributed by atoms with Gasteiger partial charge in [0.2, 0.25) is 70.9 Å². The summed E-state index contributed by atoms with van der Waals surface area (Å²) in [7, 11) is 8.77. The molecular weight excluding hydrogens is 1320 g/mol. The molecule has 4 aliphatic heterocycles. The smallest absolute Gasteiger partial charge is 0.387 e. The molecule has 3 aliphatic carbocycles. The fraction of sp³-hybridized carbons (Fsp3) is 0.757. The predicted octanol–water partition coefficient (Wildman–Crippen LogP) is 5.63. The van der Waals surface area contributed by atoms with E-state index in [4.69, 9.17) is 0 Å². The first-order chi connectivity index (χ1) is 48.4. The van der Waals surface area contributed by atoms with E-state index in [1.54, 1.807) is 11.8 Å². The summed E-state index contributed by atoms with van der Waals surface area (Å²) in [6, 6.07) is -7.51. The number of carbonyl (C=O) groups is 12. The highest BCUT2D eigenvalue weighted by molar-refractivity contribution is 6.01. The van der Waals surface area contributed by atoms with Crippen molar-refractivity contribution in [3.63, 3.8) is 0 Å². The summed E-state index contributed by atoms with van der Waals surface area (Å²) in [6.07, 6.45) is 11.3. The number of aryl methyl sites for hydroxylation is 1. The third kappa shape index (κ3) is 18.9. The van der Waals surface area contributed by atoms with Crippen molar-refractivity contribution in [1.82, 2.24) is 60.0 Å². The van der Waals surface area contributed by atoms with Crippen LogP contribution in [0.3, 0.4) is 0 Å². The van der Waals surface area contributed by atoms with Crippen molar-refractivity contribution in [3.05, 3.63) is 29.6 Å². The fourth-order valence-corrected chi connectivity index (χ4v) is 16.5. The molecule has 102 heavy (non-hydrogen) atoms. The van der Waals surface area contributed by atoms with Crippen LogP contribution in [0.1, 0.15) is 194 Å². The lowest BCUT2D eigenvalue weighted by Gasteiger charge is -2.45. The molecule has 0 radical (unpaired) electrons. The van der Waals surface area contributed by atoms with Gasteiger partial charge in [-0.2, -0.15) is 8.78 Å². The molecule has 568 valence electrons. The van der Waals surface area contributed by atoms with Gasteiger partial charge in [-0.1, -0.05) is 98.0 Å². The Morgan fingerprint density at radius 2 is 1.26 bits per heavy atom. The molecule has 28 heteroatoms. The van der Waals surface area contributed by atoms with Gasteiger partial charge in [0.15, 0.2) is 11.6 Å². The van der Waals surface area contributed by atoms with Gasteiger partial charge in [-0.15, -0.1) is 0 Å². The van der Waals surface area contributed by atoms with Crippen LogP contribution in [0.5, 0.6) is 5.75 Å². The molecule has 1 aromatic carbocycles. The van der Waals surface area contributed by atoms with E-state index in [1.165, 1.54) is 89.6 Å². The standard InChI is InChI=1S/C74H113F3N12O13/c1-12-46(4)61-70(99)82(7)47(5)65(94)89-39-33-54(89)68(97)84(9)56(42-48-24-15-13-16-25-48)67(96)81(6)44-59(90)78-52(31-29-49-30-32-58(51(75)41-49)102-73(76)77)66(95)88-38-23-28-53(88)64(93)80-74(34-19-20-35-74)72(101)86(11)62(50-26-17-18-27-50)71(100)85(10)57(69(98)87-36-21-14-22-37-87)43-60(91)83(8)55(40-45(2)3)63(92)79-61/h30,32,41,45-48,50,52-57,61-62,73H,12-29,31,33-40,42-44H2,1-11H3,(H,78,90)(H,79,92)(H,80,93)/t46-,47-,52-,53-,54-,55-,56-,57-,61-,62-/m0/s1. The minimum atomic E-state index is -3.31. The van der Waals surface area contributed by atoms with Crippen molar-refractivity contribution >= 4 is 70.9 Å². The molecule has 0 aromatic heterocycles. The first-order valence-electron chi connectivity index (χ1n) is 37.5. The van der Waals surface area contributed by atoms with Crippen LogP contribution < -0.4 is 20.7 Å². The SMILES string of the molecule is CC[C@H](C)[C@@H]1NC(=O)[C@H](CC(C)C)N(C)C(=O)C[C@@H](C(=O)N2CCCCC2)N(C)C(=O)[C@H](C2CCCC2)N(C)C(=O)C2(CCCC2)NC(=O)[C@@H]2CCCN2C(=O)[C@H](CCc2ccc(OC(F)F)c(F)c2)NC(=O)CN(C)C(=O)[C@H](CC2CCCCC2)N(C)C(=O)[C@@H]2CCN2C(=O)[C@H](C)N(C)C1=O. The second kappa shape index (κ2) is 35.8. The molecule has 25 nitrogen and oxygen atoms in total. The van der Waals surface area contributed by atoms with E-state index in [1.807, 2.05) is 20.8 Å². The van der Waals surface area contributed by atoms with Crippen LogP contribution in [-0.2, 0) is 64.0 Å². The number of halogens is 3. The normalized spacial score (nSPS) is 28.3. The van der Waals surface area contributed by atoms with Gasteiger partial charge in [0.1, 0.15) is 59.9 Å². The Hall–Kier alpha value is -7.55. The summed E-state index contributed by atoms with van der Waals surface area (Å²) in [5, 5.41) is 8.83. The molecule has 0 unspecified atom stereocenters. The van der Waals surface area contributed by atoms with Crippen LogP contribution >= 0.6 is 0 Å². The van der Waals surface area contributed by atoms with Crippen molar-refractivity contribution in [3.8, 4) is 5.75 Å². The first-order valence-corrected chi connectivity index (χ1v) is 37.5. The number of hydrogen-bond acceptors (Lipinski definition) is 13. The summed E-state index contributed by atoms with van der Waals surface area (Å²) < 4.78 is 45.9. The lowest BCUT2D eigenvalue weighted by molar-refractivity contribution is -0.160. The van der Waals surface area contributed by atoms with Crippen molar-refractivity contribution in [2.75, 3.05) is 75.0 Å². The van der Waals surface area contributed by atoms with Crippen LogP contribution in [-0.4, -0.2) is 257 Å². The number of hydrogen-bond donors (Lipinski definition) is 3. The number of ether oxygens (including phenoxy) is 1. The fourth-order valence-electron chi connectivity index (χ4n) is 16.5. The molecule has 4 heterocycles. The maximum Gasteiger partial charge on any atom is 0.387 e. The van der Waals surface area contributed by atoms with Crippen molar-refractivity contribution < 1.29 is 75.4 Å². The van der Waals surface area contributed by atoms with Crippen LogP contribution in [0.2, 0.25) is 0 Å². The zero-order valence-electron chi connectivity index (χ0n) is 62.0. The van der Waals surface area contributed by atoms with Crippen LogP contribution in [0.4, 0.5) is 13.2 Å². The summed E-state index contributed by atoms with van der Waals surface area (Å²) in [5.74, 6) is -10.2. The highest BCUT2D eigenvalue weighted by Gasteiger charge is 2.52. The number of alkyl halides is 2. The van der Waals surface area contributed by atoms with E-state index in [-0.39, 0.29) is 87.8 Å². The van der Waals surface area contributed by atoms with Crippen LogP contribution in [0.25, 0.3) is 0 Å². The van der Waals surface area contributed by atoms with E-state index < -0.39 is 168 Å². The van der Waals surface area contributed by atoms with Crippen LogP contribution in [0, 0.1) is 29.5 Å². The number of benzene rings is 1. The molecule has 1 spiro atoms. The molecule has 1 aromatic rings. The molecule has 7 fully saturated rings. The number of carbonyl (C=O) groups excluding carboxylic acids is 12. The number of piperidine rings is 1. The predicted molar refractivity (Wildman–Crippen MR) is 373 cm³/mol. The Morgan fingerprint density at radius 1 is 0.627 bits per heavy atom. The zero-order chi connectivity index (χ0) is 74.6. The largest absolute Gasteiger partial charge is 0.432 e. The molecule has 12 amide bonds. The number of amides is 12. The monoisotopic (exact) mass is 1430 g/mol. The lowest BCUT2D eigenvalue weighted by Crippen LogP contribution is -2.65. The molecule has 8 rings (SSSR count). The van der Waals surface area contributed by atoms with Gasteiger partial charge in [-0.3, -0.25) is 57.5 Å². The van der Waals surface area contributed by atoms with Crippen molar-refractivity contribution in [1.29, 1.82) is 0 Å². The number of likely N-dealkylation sites (N-methyl/N-ethyl adjacent to an activating group) is 6. The number of nitrogens with zero attached hydrogens (tertiary/aromatic N) is 9. The maximum atomic E-state index is 15.8. The Balaban J connectivity index is 1.18. The van der Waals surface area contributed by atoms with E-state index in [9.17, 15) is 32.8 Å². The molecule has 0 bridgehead atoms. The van der Waals surface area contributed by atoms with E-state index in [2.05, 4.69) is 20.7 Å². The van der Waals surface area contributed by atoms with Gasteiger partial charge in [0.05, 0.1) is 13.0 Å². The molecule has 7 aliphatic rings. The van der Waals surface area contributed by atoms with Gasteiger partial charge >= 0.3 is 6.61 Å². The molecular formula is C74H113F3N12O13. The van der Waals surface area contributed by atoms with Gasteiger partial charge < -0.3 is 64.8 Å². The Labute approximate surface area is 599 Å². The third-order valence-corrected chi connectivity index (χ3v) is 23.3. The van der Waals surface area contributed by atoms with Crippen molar-refractivity contribution in [2.24, 2.45) is 23.7 Å². The molecule has 3 saturated carbocycles. The second-order valence-corrected chi connectivity index (χ2v) is 30.6. The van der Waals surface area contributed by atoms with Crippen LogP contribution in [0.15, 0.2) is 18.2 Å². The maximum absolute atomic E-state index is 15.8. The van der Waals surface area contributed by atoms with Gasteiger partial charge in [-0.05, 0) is 138 Å². The minimum absolute atomic E-state index is 0.0266. The molecule has 4 saturated heterocycles. The summed E-state index contributed by atoms with van der Waals surface area (Å²) in [4.78, 5) is 193. The summed E-state index contributed by atoms with van der Waals surface area (Å²) >= 11 is 0. The zero-order valence-corrected chi connectivity index (χ0v) is 62.0. The summed E-state index contributed by atoms with van der Waals surface area (Å²) in [6.45, 7) is 5.96. The number of nitrogens with one attached hydrogen (secondary N) is 3. The van der Waals surface area contributed by atoms with E-state index in [0.717, 1.165) is 68.4 Å². The highest BCUT2D eigenvalue weighted by atomic mass is 19.3. The quantitative estimate of drug-likeness (QED) is 0.216. The number of rotatable bonds is 13. The van der Waals surface area contributed by atoms with E-state index >= 15 is 38.0 Å². The van der Waals surface area contributed by atoms with Gasteiger partial charge in [-0.25, -0.2) is 4.39 Å². The Kier molecular flexibility index (Phi) is 28.1. The Bertz CT molecular complexity index is 3190. The van der Waals surface area contributed by atoms with E-state index in [0.29, 0.717) is 64.5 Å². The Morgan fingerprint density at radius 3 is 1.87 bits per heavy atom. The molecule has 3 N–H and O–H groups in total. The number of likely N-dealkylation sites (tertiary alicyclic amines) is 1. The first kappa shape index (κ1) is 80.1. The average molecular weight is 1440 g/mol.